The van der Waals surface area contributed by atoms with Crippen molar-refractivity contribution in [2.45, 2.75) is 23.0 Å². The Morgan fingerprint density at radius 3 is 2.88 bits per heavy atom. The molecule has 1 aliphatic heterocycles. The van der Waals surface area contributed by atoms with Crippen LogP contribution in [0.4, 0.5) is 24.0 Å². The molecule has 130 valence electrons. The lowest BCUT2D eigenvalue weighted by Crippen LogP contribution is -2.25. The first kappa shape index (κ1) is 17.5. The molecule has 1 aromatic heterocycles. The molecule has 1 saturated heterocycles. The lowest BCUT2D eigenvalue weighted by molar-refractivity contribution is -0.136. The fourth-order valence-electron chi connectivity index (χ4n) is 2.07. The van der Waals surface area contributed by atoms with E-state index in [-0.39, 0.29) is 11.8 Å². The highest BCUT2D eigenvalue weighted by molar-refractivity contribution is 8.01. The summed E-state index contributed by atoms with van der Waals surface area (Å²) in [5, 5.41) is 10.9. The van der Waals surface area contributed by atoms with Crippen LogP contribution in [0.25, 0.3) is 0 Å². The van der Waals surface area contributed by atoms with Gasteiger partial charge in [-0.2, -0.15) is 13.2 Å². The van der Waals surface area contributed by atoms with Crippen LogP contribution in [0.1, 0.15) is 12.0 Å². The van der Waals surface area contributed by atoms with Crippen LogP contribution < -0.4 is 5.32 Å². The number of halogens is 3. The van der Waals surface area contributed by atoms with Crippen LogP contribution in [-0.2, 0) is 15.7 Å². The molecule has 10 heteroatoms. The van der Waals surface area contributed by atoms with Gasteiger partial charge in [-0.15, -0.1) is 10.2 Å². The number of para-hydroxylation sites is 1. The van der Waals surface area contributed by atoms with Crippen LogP contribution in [0, 0.1) is 0 Å². The van der Waals surface area contributed by atoms with Crippen molar-refractivity contribution in [2.24, 2.45) is 0 Å². The molecule has 2 aromatic rings. The molecule has 1 atom stereocenters. The number of thioether (sulfide) groups is 1. The van der Waals surface area contributed by atoms with E-state index in [2.05, 4.69) is 15.5 Å². The number of hydrogen-bond acceptors (Lipinski definition) is 7. The molecule has 0 aliphatic carbocycles. The molecule has 0 amide bonds. The number of ether oxygens (including phenoxy) is 2. The molecular formula is C14H14F3N3O2S2. The van der Waals surface area contributed by atoms with Gasteiger partial charge in [0.25, 0.3) is 0 Å². The summed E-state index contributed by atoms with van der Waals surface area (Å²) in [7, 11) is 0. The number of rotatable bonds is 5. The molecule has 5 nitrogen and oxygen atoms in total. The van der Waals surface area contributed by atoms with Gasteiger partial charge in [-0.1, -0.05) is 35.2 Å². The zero-order chi connectivity index (χ0) is 17.0. The van der Waals surface area contributed by atoms with Gasteiger partial charge in [0.15, 0.2) is 4.34 Å². The van der Waals surface area contributed by atoms with E-state index in [1.54, 1.807) is 0 Å². The maximum Gasteiger partial charge on any atom is 0.418 e. The quantitative estimate of drug-likeness (QED) is 0.790. The van der Waals surface area contributed by atoms with Crippen molar-refractivity contribution in [3.05, 3.63) is 29.8 Å². The molecule has 2 heterocycles. The molecule has 0 unspecified atom stereocenters. The molecule has 0 saturated carbocycles. The summed E-state index contributed by atoms with van der Waals surface area (Å²) in [5.41, 5.74) is -0.768. The van der Waals surface area contributed by atoms with Crippen molar-refractivity contribution in [3.8, 4) is 0 Å². The number of benzene rings is 1. The fourth-order valence-corrected chi connectivity index (χ4v) is 3.93. The van der Waals surface area contributed by atoms with Crippen LogP contribution in [0.2, 0.25) is 0 Å². The molecule has 24 heavy (non-hydrogen) atoms. The maximum atomic E-state index is 13.0. The molecule has 1 aromatic carbocycles. The molecule has 0 radical (unpaired) electrons. The van der Waals surface area contributed by atoms with Crippen molar-refractivity contribution in [2.75, 3.05) is 24.5 Å². The third-order valence-corrected chi connectivity index (χ3v) is 5.35. The van der Waals surface area contributed by atoms with E-state index in [1.807, 2.05) is 0 Å². The smallest absolute Gasteiger partial charge is 0.355 e. The minimum absolute atomic E-state index is 0.0366. The number of anilines is 2. The van der Waals surface area contributed by atoms with E-state index in [4.69, 9.17) is 9.47 Å². The van der Waals surface area contributed by atoms with Gasteiger partial charge in [-0.3, -0.25) is 0 Å². The summed E-state index contributed by atoms with van der Waals surface area (Å²) >= 11 is 2.68. The van der Waals surface area contributed by atoms with E-state index in [0.29, 0.717) is 28.6 Å². The van der Waals surface area contributed by atoms with Crippen molar-refractivity contribution in [1.82, 2.24) is 10.2 Å². The molecule has 1 N–H and O–H groups in total. The lowest BCUT2D eigenvalue weighted by atomic mass is 10.2. The Morgan fingerprint density at radius 1 is 1.29 bits per heavy atom. The minimum Gasteiger partial charge on any atom is -0.355 e. The second-order valence-electron chi connectivity index (χ2n) is 4.96. The topological polar surface area (TPSA) is 56.3 Å². The Balaban J connectivity index is 1.62. The largest absolute Gasteiger partial charge is 0.418 e. The average Bonchev–Trinajstić information content (AvgIpc) is 3.01. The highest BCUT2D eigenvalue weighted by Gasteiger charge is 2.33. The van der Waals surface area contributed by atoms with Gasteiger partial charge < -0.3 is 14.8 Å². The molecule has 0 spiro atoms. The summed E-state index contributed by atoms with van der Waals surface area (Å²) in [6.07, 6.45) is -3.52. The SMILES string of the molecule is FC(F)(F)c1ccccc1Nc1nnc(SC[C@H]2CCOCO2)s1. The standard InChI is InChI=1S/C14H14F3N3O2S2/c15-14(16,17)10-3-1-2-4-11(10)18-12-19-20-13(24-12)23-7-9-5-6-21-8-22-9/h1-4,9H,5-8H2,(H,18,19)/t9-/m1/s1. The Bertz CT molecular complexity index is 675. The van der Waals surface area contributed by atoms with E-state index in [0.717, 1.165) is 12.5 Å². The van der Waals surface area contributed by atoms with Gasteiger partial charge in [-0.25, -0.2) is 0 Å². The Morgan fingerprint density at radius 2 is 2.12 bits per heavy atom. The van der Waals surface area contributed by atoms with E-state index >= 15 is 0 Å². The van der Waals surface area contributed by atoms with Crippen LogP contribution >= 0.6 is 23.1 Å². The minimum atomic E-state index is -4.42. The first-order valence-corrected chi connectivity index (χ1v) is 8.91. The first-order valence-electron chi connectivity index (χ1n) is 7.11. The third kappa shape index (κ3) is 4.59. The van der Waals surface area contributed by atoms with Crippen LogP contribution in [0.3, 0.4) is 0 Å². The van der Waals surface area contributed by atoms with Crippen molar-refractivity contribution in [3.63, 3.8) is 0 Å². The summed E-state index contributed by atoms with van der Waals surface area (Å²) in [4.78, 5) is 0. The lowest BCUT2D eigenvalue weighted by Gasteiger charge is -2.21. The summed E-state index contributed by atoms with van der Waals surface area (Å²) in [6.45, 7) is 0.963. The highest BCUT2D eigenvalue weighted by atomic mass is 32.2. The number of nitrogens with one attached hydrogen (secondary N) is 1. The number of nitrogens with zero attached hydrogens (tertiary/aromatic N) is 2. The zero-order valence-electron chi connectivity index (χ0n) is 12.4. The van der Waals surface area contributed by atoms with Crippen LogP contribution in [-0.4, -0.2) is 35.5 Å². The second-order valence-corrected chi connectivity index (χ2v) is 7.20. The number of aromatic nitrogens is 2. The normalized spacial score (nSPS) is 18.5. The van der Waals surface area contributed by atoms with Crippen molar-refractivity contribution < 1.29 is 22.6 Å². The monoisotopic (exact) mass is 377 g/mol. The number of alkyl halides is 3. The van der Waals surface area contributed by atoms with Gasteiger partial charge in [-0.05, 0) is 18.6 Å². The predicted molar refractivity (Wildman–Crippen MR) is 85.7 cm³/mol. The predicted octanol–water partition coefficient (Wildman–Crippen LogP) is 4.16. The Hall–Kier alpha value is -1.36. The van der Waals surface area contributed by atoms with Crippen LogP contribution in [0.5, 0.6) is 0 Å². The van der Waals surface area contributed by atoms with Crippen LogP contribution in [0.15, 0.2) is 28.6 Å². The van der Waals surface area contributed by atoms with E-state index in [9.17, 15) is 13.2 Å². The third-order valence-electron chi connectivity index (χ3n) is 3.24. The summed E-state index contributed by atoms with van der Waals surface area (Å²) in [6, 6.07) is 5.29. The molecule has 1 fully saturated rings. The molecule has 1 aliphatic rings. The summed E-state index contributed by atoms with van der Waals surface area (Å²) in [5.74, 6) is 0.705. The van der Waals surface area contributed by atoms with E-state index < -0.39 is 11.7 Å². The molecule has 0 bridgehead atoms. The Kier molecular flexibility index (Phi) is 5.59. The molecule has 3 rings (SSSR count). The van der Waals surface area contributed by atoms with Crippen molar-refractivity contribution in [1.29, 1.82) is 0 Å². The van der Waals surface area contributed by atoms with E-state index in [1.165, 1.54) is 41.3 Å². The van der Waals surface area contributed by atoms with Crippen molar-refractivity contribution >= 4 is 33.9 Å². The molecular weight excluding hydrogens is 363 g/mol. The zero-order valence-corrected chi connectivity index (χ0v) is 14.0. The van der Waals surface area contributed by atoms with Gasteiger partial charge in [0, 0.05) is 5.75 Å². The maximum absolute atomic E-state index is 13.0. The van der Waals surface area contributed by atoms with Gasteiger partial charge >= 0.3 is 6.18 Å². The Labute approximate surface area is 144 Å². The average molecular weight is 377 g/mol. The first-order chi connectivity index (χ1) is 11.5. The van der Waals surface area contributed by atoms with Gasteiger partial charge in [0.05, 0.1) is 24.0 Å². The summed E-state index contributed by atoms with van der Waals surface area (Å²) < 4.78 is 50.2. The van der Waals surface area contributed by atoms with Gasteiger partial charge in [0.2, 0.25) is 5.13 Å². The fraction of sp³-hybridized carbons (Fsp3) is 0.429. The highest BCUT2D eigenvalue weighted by Crippen LogP contribution is 2.37. The number of hydrogen-bond donors (Lipinski definition) is 1. The second kappa shape index (κ2) is 7.68. The van der Waals surface area contributed by atoms with Gasteiger partial charge in [0.1, 0.15) is 6.79 Å².